The van der Waals surface area contributed by atoms with E-state index in [1.54, 1.807) is 12.1 Å². The van der Waals surface area contributed by atoms with Crippen molar-refractivity contribution in [2.45, 2.75) is 51.8 Å². The lowest BCUT2D eigenvalue weighted by atomic mass is 10.0. The lowest BCUT2D eigenvalue weighted by molar-refractivity contribution is -0.143. The Morgan fingerprint density at radius 1 is 1.18 bits per heavy atom. The van der Waals surface area contributed by atoms with Gasteiger partial charge >= 0.3 is 0 Å². The Labute approximate surface area is 220 Å². The Bertz CT molecular complexity index is 1210. The molecule has 3 aromatic rings. The van der Waals surface area contributed by atoms with Crippen molar-refractivity contribution >= 4 is 11.8 Å². The van der Waals surface area contributed by atoms with E-state index in [1.807, 2.05) is 0 Å². The summed E-state index contributed by atoms with van der Waals surface area (Å²) in [7, 11) is 0. The van der Waals surface area contributed by atoms with Crippen LogP contribution in [0, 0.1) is 11.7 Å². The summed E-state index contributed by atoms with van der Waals surface area (Å²) >= 11 is 0. The van der Waals surface area contributed by atoms with Gasteiger partial charge in [-0.25, -0.2) is 4.39 Å². The fraction of sp³-hybridized carbons (Fsp3) is 0.444. The lowest BCUT2D eigenvalue weighted by Crippen LogP contribution is -2.48. The van der Waals surface area contributed by atoms with Gasteiger partial charge in [-0.15, -0.1) is 10.2 Å². The topological polar surface area (TPSA) is 122 Å². The molecule has 202 valence electrons. The van der Waals surface area contributed by atoms with E-state index in [-0.39, 0.29) is 48.4 Å². The van der Waals surface area contributed by atoms with Crippen LogP contribution in [0.4, 0.5) is 4.39 Å². The number of hydrogen-bond donors (Lipinski definition) is 2. The van der Waals surface area contributed by atoms with Crippen molar-refractivity contribution < 1.29 is 23.8 Å². The van der Waals surface area contributed by atoms with Gasteiger partial charge in [-0.2, -0.15) is 4.80 Å². The standard InChI is InChI=1S/C27H33FN6O4/c1-18(2)13-14-29-27(37)25(19-7-11-22(35)12-8-19)33(16-23-4-3-15-38-23)24(36)17-34-31-26(30-32-34)20-5-9-21(28)10-6-20/h5-12,18,23,25,35H,3-4,13-17H2,1-2H3,(H,29,37)/t23-,25-/m0/s1. The van der Waals surface area contributed by atoms with Crippen molar-refractivity contribution in [1.29, 1.82) is 0 Å². The smallest absolute Gasteiger partial charge is 0.247 e. The molecule has 38 heavy (non-hydrogen) atoms. The first-order chi connectivity index (χ1) is 18.3. The summed E-state index contributed by atoms with van der Waals surface area (Å²) in [6.45, 7) is 5.17. The van der Waals surface area contributed by atoms with Crippen LogP contribution in [0.1, 0.15) is 44.7 Å². The molecular weight excluding hydrogens is 491 g/mol. The van der Waals surface area contributed by atoms with Crippen LogP contribution in [0.25, 0.3) is 11.4 Å². The van der Waals surface area contributed by atoms with E-state index in [4.69, 9.17) is 4.74 Å². The molecule has 4 rings (SSSR count). The van der Waals surface area contributed by atoms with E-state index < -0.39 is 6.04 Å². The molecule has 2 aromatic carbocycles. The molecule has 2 N–H and O–H groups in total. The molecule has 1 aliphatic rings. The number of carbonyl (C=O) groups is 2. The summed E-state index contributed by atoms with van der Waals surface area (Å²) in [6.07, 6.45) is 2.24. The molecule has 0 spiro atoms. The van der Waals surface area contributed by atoms with Crippen molar-refractivity contribution in [3.8, 4) is 17.1 Å². The maximum absolute atomic E-state index is 13.7. The number of benzene rings is 2. The predicted molar refractivity (Wildman–Crippen MR) is 137 cm³/mol. The van der Waals surface area contributed by atoms with Crippen molar-refractivity contribution in [2.75, 3.05) is 19.7 Å². The van der Waals surface area contributed by atoms with Gasteiger partial charge in [0.2, 0.25) is 17.6 Å². The van der Waals surface area contributed by atoms with Gasteiger partial charge < -0.3 is 20.1 Å². The molecule has 0 bridgehead atoms. The van der Waals surface area contributed by atoms with Gasteiger partial charge in [0.25, 0.3) is 0 Å². The molecule has 0 aliphatic carbocycles. The molecule has 1 aliphatic heterocycles. The third kappa shape index (κ3) is 7.12. The number of nitrogens with one attached hydrogen (secondary N) is 1. The average Bonchev–Trinajstić information content (AvgIpc) is 3.57. The number of aromatic hydroxyl groups is 1. The maximum Gasteiger partial charge on any atom is 0.247 e. The minimum absolute atomic E-state index is 0.0601. The van der Waals surface area contributed by atoms with Crippen molar-refractivity contribution in [1.82, 2.24) is 30.4 Å². The molecule has 0 unspecified atom stereocenters. The predicted octanol–water partition coefficient (Wildman–Crippen LogP) is 3.10. The van der Waals surface area contributed by atoms with Crippen molar-refractivity contribution in [2.24, 2.45) is 5.92 Å². The molecule has 11 heteroatoms. The minimum Gasteiger partial charge on any atom is -0.508 e. The van der Waals surface area contributed by atoms with Gasteiger partial charge in [-0.3, -0.25) is 9.59 Å². The first-order valence-corrected chi connectivity index (χ1v) is 12.8. The number of nitrogens with zero attached hydrogens (tertiary/aromatic N) is 5. The molecular formula is C27H33FN6O4. The zero-order valence-corrected chi connectivity index (χ0v) is 21.6. The second-order valence-electron chi connectivity index (χ2n) is 9.80. The van der Waals surface area contributed by atoms with Crippen LogP contribution in [0.15, 0.2) is 48.5 Å². The van der Waals surface area contributed by atoms with E-state index in [0.29, 0.717) is 30.2 Å². The van der Waals surface area contributed by atoms with E-state index >= 15 is 0 Å². The maximum atomic E-state index is 13.7. The molecule has 10 nitrogen and oxygen atoms in total. The number of rotatable bonds is 11. The summed E-state index contributed by atoms with van der Waals surface area (Å²) in [5.74, 6) is -0.370. The fourth-order valence-electron chi connectivity index (χ4n) is 4.31. The van der Waals surface area contributed by atoms with Gasteiger partial charge in [0.1, 0.15) is 24.2 Å². The van der Waals surface area contributed by atoms with Gasteiger partial charge in [0.05, 0.1) is 6.10 Å². The van der Waals surface area contributed by atoms with Crippen molar-refractivity contribution in [3.63, 3.8) is 0 Å². The van der Waals surface area contributed by atoms with Gasteiger partial charge in [0.15, 0.2) is 0 Å². The molecule has 1 saturated heterocycles. The SMILES string of the molecule is CC(C)CCNC(=O)[C@H](c1ccc(O)cc1)N(C[C@@H]1CCCO1)C(=O)Cn1nnc(-c2ccc(F)cc2)n1. The second-order valence-corrected chi connectivity index (χ2v) is 9.80. The average molecular weight is 525 g/mol. The number of hydrogen-bond acceptors (Lipinski definition) is 7. The molecule has 0 radical (unpaired) electrons. The number of carbonyl (C=O) groups excluding carboxylic acids is 2. The molecule has 2 heterocycles. The van der Waals surface area contributed by atoms with Crippen LogP contribution in [0.2, 0.25) is 0 Å². The van der Waals surface area contributed by atoms with Crippen molar-refractivity contribution in [3.05, 3.63) is 59.9 Å². The molecule has 0 saturated carbocycles. The highest BCUT2D eigenvalue weighted by Gasteiger charge is 2.34. The Morgan fingerprint density at radius 2 is 1.92 bits per heavy atom. The number of tetrazole rings is 1. The van der Waals surface area contributed by atoms with E-state index in [0.717, 1.165) is 24.1 Å². The van der Waals surface area contributed by atoms with Crippen LogP contribution in [0.3, 0.4) is 0 Å². The molecule has 1 fully saturated rings. The summed E-state index contributed by atoms with van der Waals surface area (Å²) in [5, 5.41) is 25.1. The molecule has 1 aromatic heterocycles. The molecule has 2 amide bonds. The minimum atomic E-state index is -0.945. The number of phenols is 1. The van der Waals surface area contributed by atoms with Crippen LogP contribution >= 0.6 is 0 Å². The lowest BCUT2D eigenvalue weighted by Gasteiger charge is -2.33. The highest BCUT2D eigenvalue weighted by Crippen LogP contribution is 2.26. The Kier molecular flexibility index (Phi) is 9.01. The Balaban J connectivity index is 1.60. The monoisotopic (exact) mass is 524 g/mol. The summed E-state index contributed by atoms with van der Waals surface area (Å²) in [5.41, 5.74) is 1.13. The van der Waals surface area contributed by atoms with Crippen LogP contribution in [-0.2, 0) is 20.9 Å². The fourth-order valence-corrected chi connectivity index (χ4v) is 4.31. The first kappa shape index (κ1) is 27.2. The third-order valence-corrected chi connectivity index (χ3v) is 6.37. The zero-order chi connectivity index (χ0) is 27.1. The third-order valence-electron chi connectivity index (χ3n) is 6.37. The Hall–Kier alpha value is -3.86. The summed E-state index contributed by atoms with van der Waals surface area (Å²) < 4.78 is 19.1. The highest BCUT2D eigenvalue weighted by molar-refractivity contribution is 5.88. The highest BCUT2D eigenvalue weighted by atomic mass is 19.1. The van der Waals surface area contributed by atoms with Crippen LogP contribution < -0.4 is 5.32 Å². The number of ether oxygens (including phenoxy) is 1. The molecule has 2 atom stereocenters. The van der Waals surface area contributed by atoms with Gasteiger partial charge in [-0.05, 0) is 72.4 Å². The van der Waals surface area contributed by atoms with E-state index in [9.17, 15) is 19.1 Å². The van der Waals surface area contributed by atoms with Crippen LogP contribution in [0.5, 0.6) is 5.75 Å². The van der Waals surface area contributed by atoms with E-state index in [2.05, 4.69) is 34.6 Å². The van der Waals surface area contributed by atoms with Crippen LogP contribution in [-0.4, -0.2) is 67.8 Å². The summed E-state index contributed by atoms with van der Waals surface area (Å²) in [6, 6.07) is 11.0. The zero-order valence-electron chi connectivity index (χ0n) is 21.6. The van der Waals surface area contributed by atoms with E-state index in [1.165, 1.54) is 41.3 Å². The first-order valence-electron chi connectivity index (χ1n) is 12.8. The number of aromatic nitrogens is 4. The van der Waals surface area contributed by atoms with Gasteiger partial charge in [0, 0.05) is 25.3 Å². The second kappa shape index (κ2) is 12.6. The van der Waals surface area contributed by atoms with Gasteiger partial charge in [-0.1, -0.05) is 26.0 Å². The normalized spacial score (nSPS) is 15.9. The summed E-state index contributed by atoms with van der Waals surface area (Å²) in [4.78, 5) is 29.9. The quantitative estimate of drug-likeness (QED) is 0.395. The Morgan fingerprint density at radius 3 is 2.58 bits per heavy atom. The number of halogens is 1. The number of amides is 2. The largest absolute Gasteiger partial charge is 0.508 e. The number of phenolic OH excluding ortho intramolecular Hbond substituents is 1.